The van der Waals surface area contributed by atoms with Crippen molar-refractivity contribution in [3.8, 4) is 44.9 Å². The predicted octanol–water partition coefficient (Wildman–Crippen LogP) is 14.9. The summed E-state index contributed by atoms with van der Waals surface area (Å²) in [5.41, 5.74) is 10.1. The van der Waals surface area contributed by atoms with E-state index in [0.29, 0.717) is 5.82 Å². The van der Waals surface area contributed by atoms with Gasteiger partial charge in [-0.15, -0.1) is 11.3 Å². The maximum atomic E-state index is 6.62. The second kappa shape index (κ2) is 12.2. The van der Waals surface area contributed by atoms with Crippen LogP contribution in [0.5, 0.6) is 0 Å². The van der Waals surface area contributed by atoms with E-state index in [9.17, 15) is 0 Å². The lowest BCUT2D eigenvalue weighted by atomic mass is 9.94. The van der Waals surface area contributed by atoms with Crippen LogP contribution in [-0.4, -0.2) is 9.97 Å². The van der Waals surface area contributed by atoms with Crippen LogP contribution < -0.4 is 0 Å². The molecule has 12 aromatic rings. The van der Waals surface area contributed by atoms with Crippen LogP contribution in [0.15, 0.2) is 186 Å². The van der Waals surface area contributed by atoms with Gasteiger partial charge in [-0.25, -0.2) is 9.97 Å². The Hall–Kier alpha value is -7.14. The van der Waals surface area contributed by atoms with Gasteiger partial charge in [-0.05, 0) is 91.0 Å². The lowest BCUT2D eigenvalue weighted by Gasteiger charge is -2.13. The molecule has 3 aromatic heterocycles. The molecule has 9 aromatic carbocycles. The number of benzene rings is 9. The van der Waals surface area contributed by atoms with Crippen LogP contribution in [0.3, 0.4) is 0 Å². The summed E-state index contributed by atoms with van der Waals surface area (Å²) in [7, 11) is 0. The molecule has 4 heteroatoms. The highest BCUT2D eigenvalue weighted by atomic mass is 32.1. The van der Waals surface area contributed by atoms with E-state index in [1.807, 2.05) is 12.1 Å². The largest absolute Gasteiger partial charge is 0.456 e. The zero-order valence-corrected chi connectivity index (χ0v) is 30.8. The number of furan rings is 1. The van der Waals surface area contributed by atoms with Gasteiger partial charge >= 0.3 is 0 Å². The number of hydrogen-bond acceptors (Lipinski definition) is 4. The summed E-state index contributed by atoms with van der Waals surface area (Å²) in [6, 6.07) is 64.9. The summed E-state index contributed by atoms with van der Waals surface area (Å²) in [5, 5.41) is 10.5. The number of rotatable bonds is 4. The molecule has 0 spiro atoms. The third kappa shape index (κ3) is 4.83. The van der Waals surface area contributed by atoms with Crippen molar-refractivity contribution in [3.05, 3.63) is 182 Å². The molecule has 56 heavy (non-hydrogen) atoms. The van der Waals surface area contributed by atoms with Crippen molar-refractivity contribution in [3.63, 3.8) is 0 Å². The van der Waals surface area contributed by atoms with Crippen LogP contribution in [0.2, 0.25) is 0 Å². The number of fused-ring (bicyclic) bond motifs is 10. The van der Waals surface area contributed by atoms with Crippen LogP contribution in [0.1, 0.15) is 0 Å². The van der Waals surface area contributed by atoms with Gasteiger partial charge in [-0.1, -0.05) is 146 Å². The van der Waals surface area contributed by atoms with Crippen LogP contribution in [0, 0.1) is 0 Å². The minimum absolute atomic E-state index is 0.680. The average molecular weight is 731 g/mol. The number of hydrogen-bond donors (Lipinski definition) is 0. The molecule has 0 aliphatic heterocycles. The normalized spacial score (nSPS) is 11.9. The van der Waals surface area contributed by atoms with Crippen molar-refractivity contribution in [2.24, 2.45) is 0 Å². The highest BCUT2D eigenvalue weighted by Gasteiger charge is 2.22. The van der Waals surface area contributed by atoms with Gasteiger partial charge in [0.15, 0.2) is 5.82 Å². The summed E-state index contributed by atoms with van der Waals surface area (Å²) in [5.74, 6) is 0.680. The Bertz CT molecular complexity index is 3540. The van der Waals surface area contributed by atoms with E-state index < -0.39 is 0 Å². The van der Waals surface area contributed by atoms with E-state index in [2.05, 4.69) is 170 Å². The Morgan fingerprint density at radius 3 is 1.88 bits per heavy atom. The van der Waals surface area contributed by atoms with Crippen molar-refractivity contribution in [2.75, 3.05) is 0 Å². The first-order valence-corrected chi connectivity index (χ1v) is 19.7. The fourth-order valence-electron chi connectivity index (χ4n) is 8.57. The molecule has 12 rings (SSSR count). The monoisotopic (exact) mass is 730 g/mol. The number of thiophene rings is 1. The molecule has 3 nitrogen and oxygen atoms in total. The standard InChI is InChI=1S/C52H30N2OS/c1-2-12-34-27-35(26-25-31(34)11-1)32-21-23-33(24-22-32)37-29-44(48-41-17-7-9-19-45(41)55-46(48)30-37)52-53-49-42-18-8-10-20-47(42)56-51(49)50(54-52)43-28-36-13-3-4-14-38(36)39-15-5-6-16-40(39)43/h1-30H. The van der Waals surface area contributed by atoms with E-state index in [4.69, 9.17) is 14.4 Å². The molecule has 3 heterocycles. The summed E-state index contributed by atoms with van der Waals surface area (Å²) in [6.07, 6.45) is 0. The molecule has 0 radical (unpaired) electrons. The average Bonchev–Trinajstić information content (AvgIpc) is 3.84. The van der Waals surface area contributed by atoms with Gasteiger partial charge < -0.3 is 4.42 Å². The SMILES string of the molecule is c1ccc2cc(-c3ccc(-c4cc(-c5nc(-c6cc7ccccc7c7ccccc67)c6sc7ccccc7c6n5)c5c(c4)oc4ccccc45)cc3)ccc2c1. The fourth-order valence-corrected chi connectivity index (χ4v) is 9.71. The van der Waals surface area contributed by atoms with Crippen molar-refractivity contribution in [2.45, 2.75) is 0 Å². The highest BCUT2D eigenvalue weighted by Crippen LogP contribution is 2.45. The molecule has 0 N–H and O–H groups in total. The molecule has 0 amide bonds. The predicted molar refractivity (Wildman–Crippen MR) is 236 cm³/mol. The van der Waals surface area contributed by atoms with Crippen LogP contribution in [-0.2, 0) is 0 Å². The number of para-hydroxylation sites is 1. The van der Waals surface area contributed by atoms with E-state index >= 15 is 0 Å². The Morgan fingerprint density at radius 1 is 0.393 bits per heavy atom. The lowest BCUT2D eigenvalue weighted by Crippen LogP contribution is -1.96. The topological polar surface area (TPSA) is 38.9 Å². The zero-order valence-electron chi connectivity index (χ0n) is 30.0. The van der Waals surface area contributed by atoms with E-state index in [-0.39, 0.29) is 0 Å². The Morgan fingerprint density at radius 2 is 1.04 bits per heavy atom. The van der Waals surface area contributed by atoms with E-state index in [1.54, 1.807) is 11.3 Å². The van der Waals surface area contributed by atoms with Gasteiger partial charge in [0.25, 0.3) is 0 Å². The van der Waals surface area contributed by atoms with Gasteiger partial charge in [0, 0.05) is 32.0 Å². The van der Waals surface area contributed by atoms with Crippen LogP contribution >= 0.6 is 11.3 Å². The van der Waals surface area contributed by atoms with Gasteiger partial charge in [0.1, 0.15) is 11.2 Å². The maximum Gasteiger partial charge on any atom is 0.161 e. The lowest BCUT2D eigenvalue weighted by molar-refractivity contribution is 0.669. The highest BCUT2D eigenvalue weighted by molar-refractivity contribution is 7.26. The van der Waals surface area contributed by atoms with Crippen LogP contribution in [0.4, 0.5) is 0 Å². The van der Waals surface area contributed by atoms with Gasteiger partial charge in [0.2, 0.25) is 0 Å². The van der Waals surface area contributed by atoms with Crippen molar-refractivity contribution in [1.82, 2.24) is 9.97 Å². The molecule has 0 atom stereocenters. The van der Waals surface area contributed by atoms with Gasteiger partial charge in [-0.2, -0.15) is 0 Å². The minimum atomic E-state index is 0.680. The van der Waals surface area contributed by atoms with Crippen molar-refractivity contribution >= 4 is 85.9 Å². The Labute approximate surface area is 325 Å². The Balaban J connectivity index is 1.11. The number of nitrogens with zero attached hydrogens (tertiary/aromatic N) is 2. The first kappa shape index (κ1) is 31.2. The van der Waals surface area contributed by atoms with Crippen LogP contribution in [0.25, 0.3) is 119 Å². The maximum absolute atomic E-state index is 6.62. The molecule has 0 saturated carbocycles. The number of aromatic nitrogens is 2. The van der Waals surface area contributed by atoms with E-state index in [1.165, 1.54) is 48.1 Å². The third-order valence-corrected chi connectivity index (χ3v) is 12.4. The second-order valence-corrected chi connectivity index (χ2v) is 15.5. The van der Waals surface area contributed by atoms with Crippen molar-refractivity contribution in [1.29, 1.82) is 0 Å². The van der Waals surface area contributed by atoms with Crippen molar-refractivity contribution < 1.29 is 4.42 Å². The zero-order chi connectivity index (χ0) is 36.7. The minimum Gasteiger partial charge on any atom is -0.456 e. The molecule has 0 fully saturated rings. The molecule has 0 saturated heterocycles. The Kier molecular flexibility index (Phi) is 6.80. The summed E-state index contributed by atoms with van der Waals surface area (Å²) < 4.78 is 8.90. The fraction of sp³-hybridized carbons (Fsp3) is 0. The first-order valence-electron chi connectivity index (χ1n) is 18.9. The third-order valence-electron chi connectivity index (χ3n) is 11.3. The molecular formula is C52H30N2OS. The van der Waals surface area contributed by atoms with E-state index in [0.717, 1.165) is 65.5 Å². The first-order chi connectivity index (χ1) is 27.7. The smallest absolute Gasteiger partial charge is 0.161 e. The summed E-state index contributed by atoms with van der Waals surface area (Å²) >= 11 is 1.77. The molecule has 0 bridgehead atoms. The summed E-state index contributed by atoms with van der Waals surface area (Å²) in [6.45, 7) is 0. The molecule has 0 aliphatic carbocycles. The quantitative estimate of drug-likeness (QED) is 0.169. The summed E-state index contributed by atoms with van der Waals surface area (Å²) in [4.78, 5) is 11.1. The molecule has 260 valence electrons. The second-order valence-electron chi connectivity index (χ2n) is 14.5. The molecule has 0 aliphatic rings. The van der Waals surface area contributed by atoms with Gasteiger partial charge in [0.05, 0.1) is 15.9 Å². The van der Waals surface area contributed by atoms with Gasteiger partial charge in [-0.3, -0.25) is 0 Å². The molecule has 0 unspecified atom stereocenters. The molecular weight excluding hydrogens is 701 g/mol.